The Bertz CT molecular complexity index is 826. The number of hydrogen-bond donors (Lipinski definition) is 1. The SMILES string of the molecule is CCCOc1ccccc1NC(=O)CCn1cnc2ccccc21. The number of hydrogen-bond acceptors (Lipinski definition) is 3. The number of anilines is 1. The molecule has 0 bridgehead atoms. The van der Waals surface area contributed by atoms with Gasteiger partial charge in [-0.2, -0.15) is 0 Å². The number of para-hydroxylation sites is 4. The van der Waals surface area contributed by atoms with Crippen molar-refractivity contribution in [1.29, 1.82) is 0 Å². The van der Waals surface area contributed by atoms with E-state index < -0.39 is 0 Å². The molecule has 3 aromatic rings. The van der Waals surface area contributed by atoms with Gasteiger partial charge in [0.1, 0.15) is 5.75 Å². The van der Waals surface area contributed by atoms with Crippen LogP contribution in [0, 0.1) is 0 Å². The molecule has 0 unspecified atom stereocenters. The molecule has 0 saturated carbocycles. The van der Waals surface area contributed by atoms with Crippen LogP contribution in [0.3, 0.4) is 0 Å². The van der Waals surface area contributed by atoms with Gasteiger partial charge in [0.05, 0.1) is 29.7 Å². The number of ether oxygens (including phenoxy) is 1. The second kappa shape index (κ2) is 7.64. The van der Waals surface area contributed by atoms with Gasteiger partial charge in [0, 0.05) is 13.0 Å². The van der Waals surface area contributed by atoms with Crippen LogP contribution in [-0.4, -0.2) is 22.1 Å². The van der Waals surface area contributed by atoms with Gasteiger partial charge in [0.25, 0.3) is 0 Å². The third-order valence-corrected chi connectivity index (χ3v) is 3.73. The van der Waals surface area contributed by atoms with Crippen LogP contribution in [0.1, 0.15) is 19.8 Å². The maximum Gasteiger partial charge on any atom is 0.226 e. The molecule has 0 fully saturated rings. The van der Waals surface area contributed by atoms with Crippen molar-refractivity contribution < 1.29 is 9.53 Å². The second-order valence-electron chi connectivity index (χ2n) is 5.57. The standard InChI is InChI=1S/C19H21N3O2/c1-2-13-24-18-10-6-4-8-16(18)21-19(23)11-12-22-14-20-15-7-3-5-9-17(15)22/h3-10,14H,2,11-13H2,1H3,(H,21,23). The molecule has 0 saturated heterocycles. The van der Waals surface area contributed by atoms with E-state index in [0.29, 0.717) is 31.0 Å². The predicted octanol–water partition coefficient (Wildman–Crippen LogP) is 3.85. The molecule has 0 aliphatic rings. The van der Waals surface area contributed by atoms with Crippen molar-refractivity contribution in [2.45, 2.75) is 26.3 Å². The van der Waals surface area contributed by atoms with E-state index in [4.69, 9.17) is 4.74 Å². The molecular formula is C19H21N3O2. The Morgan fingerprint density at radius 2 is 1.96 bits per heavy atom. The van der Waals surface area contributed by atoms with Crippen LogP contribution in [0.5, 0.6) is 5.75 Å². The number of aromatic nitrogens is 2. The first-order valence-corrected chi connectivity index (χ1v) is 8.19. The van der Waals surface area contributed by atoms with Crippen molar-refractivity contribution in [1.82, 2.24) is 9.55 Å². The highest BCUT2D eigenvalue weighted by molar-refractivity contribution is 5.92. The number of aryl methyl sites for hydroxylation is 1. The van der Waals surface area contributed by atoms with Crippen LogP contribution in [0.4, 0.5) is 5.69 Å². The summed E-state index contributed by atoms with van der Waals surface area (Å²) < 4.78 is 7.66. The molecule has 0 atom stereocenters. The zero-order chi connectivity index (χ0) is 16.8. The van der Waals surface area contributed by atoms with E-state index >= 15 is 0 Å². The Morgan fingerprint density at radius 1 is 1.17 bits per heavy atom. The molecule has 1 aromatic heterocycles. The fourth-order valence-corrected chi connectivity index (χ4v) is 2.53. The lowest BCUT2D eigenvalue weighted by Crippen LogP contribution is -2.15. The first-order valence-electron chi connectivity index (χ1n) is 8.19. The first kappa shape index (κ1) is 16.1. The minimum atomic E-state index is -0.0414. The fourth-order valence-electron chi connectivity index (χ4n) is 2.53. The monoisotopic (exact) mass is 323 g/mol. The van der Waals surface area contributed by atoms with Gasteiger partial charge in [-0.1, -0.05) is 31.2 Å². The van der Waals surface area contributed by atoms with Gasteiger partial charge in [-0.25, -0.2) is 4.98 Å². The van der Waals surface area contributed by atoms with E-state index in [2.05, 4.69) is 17.2 Å². The molecule has 2 aromatic carbocycles. The van der Waals surface area contributed by atoms with Gasteiger partial charge in [-0.05, 0) is 30.7 Å². The average Bonchev–Trinajstić information content (AvgIpc) is 3.02. The van der Waals surface area contributed by atoms with Gasteiger partial charge in [0.2, 0.25) is 5.91 Å². The van der Waals surface area contributed by atoms with Gasteiger partial charge < -0.3 is 14.6 Å². The third kappa shape index (κ3) is 3.74. The van der Waals surface area contributed by atoms with Gasteiger partial charge >= 0.3 is 0 Å². The number of benzene rings is 2. The van der Waals surface area contributed by atoms with E-state index in [9.17, 15) is 4.79 Å². The summed E-state index contributed by atoms with van der Waals surface area (Å²) >= 11 is 0. The Morgan fingerprint density at radius 3 is 2.83 bits per heavy atom. The van der Waals surface area contributed by atoms with Crippen molar-refractivity contribution >= 4 is 22.6 Å². The van der Waals surface area contributed by atoms with Crippen molar-refractivity contribution in [2.75, 3.05) is 11.9 Å². The number of amides is 1. The highest BCUT2D eigenvalue weighted by Crippen LogP contribution is 2.24. The Balaban J connectivity index is 1.62. The summed E-state index contributed by atoms with van der Waals surface area (Å²) in [4.78, 5) is 16.6. The van der Waals surface area contributed by atoms with Gasteiger partial charge in [0.15, 0.2) is 0 Å². The lowest BCUT2D eigenvalue weighted by molar-refractivity contribution is -0.116. The van der Waals surface area contributed by atoms with E-state index in [0.717, 1.165) is 17.5 Å². The first-order chi connectivity index (χ1) is 11.8. The summed E-state index contributed by atoms with van der Waals surface area (Å²) in [5.74, 6) is 0.668. The molecule has 1 amide bonds. The van der Waals surface area contributed by atoms with Crippen LogP contribution in [0.25, 0.3) is 11.0 Å². The van der Waals surface area contributed by atoms with E-state index in [1.165, 1.54) is 0 Å². The quantitative estimate of drug-likeness (QED) is 0.718. The molecule has 0 radical (unpaired) electrons. The minimum Gasteiger partial charge on any atom is -0.491 e. The number of rotatable bonds is 7. The highest BCUT2D eigenvalue weighted by Gasteiger charge is 2.09. The fraction of sp³-hybridized carbons (Fsp3) is 0.263. The summed E-state index contributed by atoms with van der Waals surface area (Å²) in [5.41, 5.74) is 2.69. The molecule has 124 valence electrons. The maximum absolute atomic E-state index is 12.3. The summed E-state index contributed by atoms with van der Waals surface area (Å²) in [6.07, 6.45) is 3.08. The zero-order valence-corrected chi connectivity index (χ0v) is 13.7. The van der Waals surface area contributed by atoms with Crippen LogP contribution in [-0.2, 0) is 11.3 Å². The summed E-state index contributed by atoms with van der Waals surface area (Å²) in [6, 6.07) is 15.4. The van der Waals surface area contributed by atoms with Gasteiger partial charge in [-0.3, -0.25) is 4.79 Å². The molecule has 3 rings (SSSR count). The maximum atomic E-state index is 12.3. The van der Waals surface area contributed by atoms with Crippen LogP contribution >= 0.6 is 0 Å². The molecule has 0 aliphatic heterocycles. The predicted molar refractivity (Wildman–Crippen MR) is 95.2 cm³/mol. The molecular weight excluding hydrogens is 302 g/mol. The lowest BCUT2D eigenvalue weighted by atomic mass is 10.2. The molecule has 24 heavy (non-hydrogen) atoms. The summed E-state index contributed by atoms with van der Waals surface area (Å²) in [5, 5.41) is 2.93. The Labute approximate surface area is 141 Å². The molecule has 1 N–H and O–H groups in total. The van der Waals surface area contributed by atoms with Crippen LogP contribution in [0.15, 0.2) is 54.9 Å². The van der Waals surface area contributed by atoms with Gasteiger partial charge in [-0.15, -0.1) is 0 Å². The van der Waals surface area contributed by atoms with E-state index in [1.54, 1.807) is 6.33 Å². The largest absolute Gasteiger partial charge is 0.491 e. The van der Waals surface area contributed by atoms with Crippen LogP contribution in [0.2, 0.25) is 0 Å². The number of fused-ring (bicyclic) bond motifs is 1. The number of imidazole rings is 1. The molecule has 5 heteroatoms. The van der Waals surface area contributed by atoms with Crippen molar-refractivity contribution in [2.24, 2.45) is 0 Å². The van der Waals surface area contributed by atoms with Crippen LogP contribution < -0.4 is 10.1 Å². The summed E-state index contributed by atoms with van der Waals surface area (Å²) in [6.45, 7) is 3.27. The minimum absolute atomic E-state index is 0.0414. The number of nitrogens with zero attached hydrogens (tertiary/aromatic N) is 2. The van der Waals surface area contributed by atoms with E-state index in [1.807, 2.05) is 53.1 Å². The molecule has 5 nitrogen and oxygen atoms in total. The van der Waals surface area contributed by atoms with Crippen molar-refractivity contribution in [3.63, 3.8) is 0 Å². The molecule has 0 spiro atoms. The zero-order valence-electron chi connectivity index (χ0n) is 13.7. The number of carbonyl (C=O) groups excluding carboxylic acids is 1. The Hall–Kier alpha value is -2.82. The Kier molecular flexibility index (Phi) is 5.11. The smallest absolute Gasteiger partial charge is 0.226 e. The second-order valence-corrected chi connectivity index (χ2v) is 5.57. The summed E-state index contributed by atoms with van der Waals surface area (Å²) in [7, 11) is 0. The normalized spacial score (nSPS) is 10.7. The third-order valence-electron chi connectivity index (χ3n) is 3.73. The average molecular weight is 323 g/mol. The van der Waals surface area contributed by atoms with E-state index in [-0.39, 0.29) is 5.91 Å². The molecule has 0 aliphatic carbocycles. The highest BCUT2D eigenvalue weighted by atomic mass is 16.5. The van der Waals surface area contributed by atoms with Crippen molar-refractivity contribution in [3.05, 3.63) is 54.9 Å². The topological polar surface area (TPSA) is 56.1 Å². The lowest BCUT2D eigenvalue weighted by Gasteiger charge is -2.12. The number of carbonyl (C=O) groups is 1. The van der Waals surface area contributed by atoms with Crippen molar-refractivity contribution in [3.8, 4) is 5.75 Å². The molecule has 1 heterocycles. The number of nitrogens with one attached hydrogen (secondary N) is 1.